The van der Waals surface area contributed by atoms with Crippen molar-refractivity contribution in [3.8, 4) is 33.4 Å². The zero-order valence-electron chi connectivity index (χ0n) is 33.4. The van der Waals surface area contributed by atoms with Gasteiger partial charge in [-0.1, -0.05) is 172 Å². The van der Waals surface area contributed by atoms with Crippen LogP contribution in [0.4, 0.5) is 17.1 Å². The number of fused-ring (bicyclic) bond motifs is 20. The fourth-order valence-corrected chi connectivity index (χ4v) is 12.2. The van der Waals surface area contributed by atoms with E-state index in [0.717, 1.165) is 11.4 Å². The van der Waals surface area contributed by atoms with Gasteiger partial charge in [-0.05, 0) is 97.6 Å². The molecule has 0 radical (unpaired) electrons. The average Bonchev–Trinajstić information content (AvgIpc) is 4.05. The summed E-state index contributed by atoms with van der Waals surface area (Å²) in [6.07, 6.45) is 0. The third kappa shape index (κ3) is 3.73. The highest BCUT2D eigenvalue weighted by Crippen LogP contribution is 2.66. The summed E-state index contributed by atoms with van der Waals surface area (Å²) in [5.41, 5.74) is 22.7. The summed E-state index contributed by atoms with van der Waals surface area (Å²) in [7, 11) is 0. The molecule has 0 aliphatic heterocycles. The van der Waals surface area contributed by atoms with Crippen molar-refractivity contribution in [1.82, 2.24) is 4.40 Å². The van der Waals surface area contributed by atoms with Crippen LogP contribution in [0.3, 0.4) is 0 Å². The summed E-state index contributed by atoms with van der Waals surface area (Å²) in [4.78, 5) is 2.56. The average molecular weight is 763 g/mol. The fraction of sp³-hybridized carbons (Fsp3) is 0.0690. The molecule has 0 saturated heterocycles. The summed E-state index contributed by atoms with van der Waals surface area (Å²) in [6.45, 7) is 4.77. The topological polar surface area (TPSA) is 7.65 Å². The van der Waals surface area contributed by atoms with Gasteiger partial charge in [-0.3, -0.25) is 0 Å². The minimum Gasteiger partial charge on any atom is -0.310 e. The van der Waals surface area contributed by atoms with Crippen LogP contribution >= 0.6 is 0 Å². The quantitative estimate of drug-likeness (QED) is 0.174. The van der Waals surface area contributed by atoms with Crippen LogP contribution in [0.5, 0.6) is 0 Å². The van der Waals surface area contributed by atoms with Crippen molar-refractivity contribution in [3.63, 3.8) is 0 Å². The second kappa shape index (κ2) is 11.2. The van der Waals surface area contributed by atoms with Crippen molar-refractivity contribution in [2.24, 2.45) is 0 Å². The van der Waals surface area contributed by atoms with Crippen molar-refractivity contribution in [1.29, 1.82) is 0 Å². The number of para-hydroxylation sites is 3. The first-order valence-electron chi connectivity index (χ1n) is 21.2. The van der Waals surface area contributed by atoms with E-state index in [1.165, 1.54) is 111 Å². The molecule has 2 heteroatoms. The third-order valence-electron chi connectivity index (χ3n) is 14.5. The first kappa shape index (κ1) is 32.5. The van der Waals surface area contributed by atoms with Crippen LogP contribution in [-0.2, 0) is 10.8 Å². The highest BCUT2D eigenvalue weighted by molar-refractivity contribution is 6.29. The lowest BCUT2D eigenvalue weighted by Crippen LogP contribution is -2.26. The number of hydrogen-bond acceptors (Lipinski definition) is 1. The Hall–Kier alpha value is -7.42. The first-order valence-corrected chi connectivity index (χ1v) is 21.2. The Labute approximate surface area is 348 Å². The molecule has 0 N–H and O–H groups in total. The summed E-state index contributed by atoms with van der Waals surface area (Å²) in [5, 5.41) is 5.13. The van der Waals surface area contributed by atoms with Crippen molar-refractivity contribution in [2.75, 3.05) is 4.90 Å². The van der Waals surface area contributed by atoms with E-state index >= 15 is 0 Å². The molecule has 0 amide bonds. The molecule has 0 unspecified atom stereocenters. The molecule has 0 fully saturated rings. The third-order valence-corrected chi connectivity index (χ3v) is 14.5. The van der Waals surface area contributed by atoms with Gasteiger partial charge in [0.15, 0.2) is 0 Å². The van der Waals surface area contributed by atoms with Gasteiger partial charge < -0.3 is 9.30 Å². The molecule has 2 aromatic heterocycles. The van der Waals surface area contributed by atoms with E-state index in [1.807, 2.05) is 0 Å². The Morgan fingerprint density at radius 1 is 0.383 bits per heavy atom. The molecule has 14 rings (SSSR count). The standard InChI is InChI=1S/C58H38N2/c1-57(2)45-26-11-6-19-37(45)40-32-31-36(33-49(40)57)59(35-17-4-3-5-18-35)52-34-50-53(56-54(52)44-25-16-24-42-41-22-10-15-30-51(41)60(56)55(42)44)43-23-9-14-29-48(43)58(50)46-27-12-7-20-38(46)39-21-8-13-28-47(39)58/h3-34H,1-2H3. The van der Waals surface area contributed by atoms with Gasteiger partial charge in [0.05, 0.1) is 27.7 Å². The van der Waals surface area contributed by atoms with Gasteiger partial charge >= 0.3 is 0 Å². The SMILES string of the molecule is CC1(C)c2ccccc2-c2ccc(N(c3ccccc3)c3cc4c(c5c3c3cccc6c7ccccc7n5c63)-c3ccccc3C43c4ccccc4-c4ccccc43)cc21. The van der Waals surface area contributed by atoms with Gasteiger partial charge in [0.25, 0.3) is 0 Å². The number of aromatic nitrogens is 1. The van der Waals surface area contributed by atoms with E-state index in [9.17, 15) is 0 Å². The number of nitrogens with zero attached hydrogens (tertiary/aromatic N) is 2. The Morgan fingerprint density at radius 3 is 1.67 bits per heavy atom. The number of hydrogen-bond donors (Lipinski definition) is 0. The van der Waals surface area contributed by atoms with E-state index < -0.39 is 5.41 Å². The van der Waals surface area contributed by atoms with E-state index in [-0.39, 0.29) is 5.41 Å². The van der Waals surface area contributed by atoms with Crippen LogP contribution in [-0.4, -0.2) is 4.40 Å². The Kier molecular flexibility index (Phi) is 6.07. The highest BCUT2D eigenvalue weighted by Gasteiger charge is 2.53. The van der Waals surface area contributed by atoms with E-state index in [0.29, 0.717) is 0 Å². The maximum absolute atomic E-state index is 2.62. The van der Waals surface area contributed by atoms with Crippen molar-refractivity contribution in [2.45, 2.75) is 24.7 Å². The summed E-state index contributed by atoms with van der Waals surface area (Å²) >= 11 is 0. The van der Waals surface area contributed by atoms with Crippen molar-refractivity contribution in [3.05, 3.63) is 228 Å². The second-order valence-corrected chi connectivity index (χ2v) is 17.6. The van der Waals surface area contributed by atoms with Crippen LogP contribution in [0.15, 0.2) is 194 Å². The zero-order valence-corrected chi connectivity index (χ0v) is 33.4. The molecule has 0 bridgehead atoms. The molecule has 1 spiro atoms. The predicted molar refractivity (Wildman–Crippen MR) is 250 cm³/mol. The second-order valence-electron chi connectivity index (χ2n) is 17.6. The summed E-state index contributed by atoms with van der Waals surface area (Å²) < 4.78 is 2.62. The number of rotatable bonds is 3. The molecule has 2 heterocycles. The minimum absolute atomic E-state index is 0.143. The molecular formula is C58H38N2. The molecule has 3 aliphatic rings. The molecule has 0 atom stereocenters. The van der Waals surface area contributed by atoms with Crippen LogP contribution in [0, 0.1) is 0 Å². The lowest BCUT2D eigenvalue weighted by Gasteiger charge is -2.33. The molecule has 60 heavy (non-hydrogen) atoms. The lowest BCUT2D eigenvalue weighted by atomic mass is 9.70. The van der Waals surface area contributed by atoms with Crippen LogP contribution in [0.1, 0.15) is 47.2 Å². The molecule has 2 nitrogen and oxygen atoms in total. The molecule has 11 aromatic rings. The van der Waals surface area contributed by atoms with Gasteiger partial charge in [0.1, 0.15) is 0 Å². The first-order chi connectivity index (χ1) is 29.6. The van der Waals surface area contributed by atoms with E-state index in [4.69, 9.17) is 0 Å². The van der Waals surface area contributed by atoms with Gasteiger partial charge in [-0.15, -0.1) is 0 Å². The molecule has 3 aliphatic carbocycles. The number of anilines is 3. The van der Waals surface area contributed by atoms with Gasteiger partial charge in [0, 0.05) is 43.9 Å². The molecule has 9 aromatic carbocycles. The maximum atomic E-state index is 2.62. The largest absolute Gasteiger partial charge is 0.310 e. The van der Waals surface area contributed by atoms with E-state index in [1.54, 1.807) is 0 Å². The van der Waals surface area contributed by atoms with Crippen LogP contribution in [0.25, 0.3) is 71.5 Å². The van der Waals surface area contributed by atoms with Gasteiger partial charge in [-0.2, -0.15) is 0 Å². The molecular weight excluding hydrogens is 725 g/mol. The normalized spacial score (nSPS) is 14.8. The minimum atomic E-state index is -0.510. The fourth-order valence-electron chi connectivity index (χ4n) is 12.2. The van der Waals surface area contributed by atoms with Crippen molar-refractivity contribution < 1.29 is 0 Å². The predicted octanol–water partition coefficient (Wildman–Crippen LogP) is 15.0. The monoisotopic (exact) mass is 762 g/mol. The van der Waals surface area contributed by atoms with Gasteiger partial charge in [0.2, 0.25) is 0 Å². The van der Waals surface area contributed by atoms with E-state index in [2.05, 4.69) is 217 Å². The Morgan fingerprint density at radius 2 is 0.933 bits per heavy atom. The lowest BCUT2D eigenvalue weighted by molar-refractivity contribution is 0.660. The Balaban J connectivity index is 1.20. The summed E-state index contributed by atoms with van der Waals surface area (Å²) in [6, 6.07) is 73.4. The molecule has 0 saturated carbocycles. The van der Waals surface area contributed by atoms with Gasteiger partial charge in [-0.25, -0.2) is 0 Å². The molecule has 280 valence electrons. The van der Waals surface area contributed by atoms with Crippen LogP contribution < -0.4 is 4.90 Å². The maximum Gasteiger partial charge on any atom is 0.0727 e. The highest BCUT2D eigenvalue weighted by atomic mass is 15.1. The summed E-state index contributed by atoms with van der Waals surface area (Å²) in [5.74, 6) is 0. The van der Waals surface area contributed by atoms with Crippen LogP contribution in [0.2, 0.25) is 0 Å². The smallest absolute Gasteiger partial charge is 0.0727 e. The Bertz CT molecular complexity index is 3600. The zero-order chi connectivity index (χ0) is 39.5. The van der Waals surface area contributed by atoms with Crippen molar-refractivity contribution >= 4 is 55.2 Å². The number of benzene rings is 9.